The van der Waals surface area contributed by atoms with E-state index in [2.05, 4.69) is 6.58 Å². The number of carboxylic acid groups (broad SMARTS) is 1. The second-order valence-corrected chi connectivity index (χ2v) is 8.02. The zero-order valence-electron chi connectivity index (χ0n) is 15.5. The summed E-state index contributed by atoms with van der Waals surface area (Å²) in [6.45, 7) is 5.97. The molecule has 0 aliphatic carbocycles. The zero-order chi connectivity index (χ0) is 19.6. The lowest BCUT2D eigenvalue weighted by Gasteiger charge is -2.34. The molecule has 3 aliphatic heterocycles. The number of anilines is 1. The minimum Gasteiger partial charge on any atom is -0.481 e. The van der Waals surface area contributed by atoms with Gasteiger partial charge in [0.05, 0.1) is 23.8 Å². The van der Waals surface area contributed by atoms with Gasteiger partial charge >= 0.3 is 5.97 Å². The van der Waals surface area contributed by atoms with Crippen LogP contribution < -0.4 is 4.90 Å². The molecule has 1 spiro atoms. The van der Waals surface area contributed by atoms with Gasteiger partial charge < -0.3 is 14.7 Å². The second kappa shape index (κ2) is 5.79. The number of hydrogen-bond donors (Lipinski definition) is 1. The van der Waals surface area contributed by atoms with E-state index < -0.39 is 29.5 Å². The molecule has 5 atom stereocenters. The van der Waals surface area contributed by atoms with Crippen molar-refractivity contribution in [3.8, 4) is 0 Å². The number of amides is 1. The number of ether oxygens (including phenoxy) is 1. The number of rotatable bonds is 4. The Labute approximate surface area is 162 Å². The second-order valence-electron chi connectivity index (χ2n) is 8.02. The van der Waals surface area contributed by atoms with Gasteiger partial charge in [-0.1, -0.05) is 54.1 Å². The van der Waals surface area contributed by atoms with E-state index in [-0.39, 0.29) is 11.9 Å². The summed E-state index contributed by atoms with van der Waals surface area (Å²) >= 11 is 0. The molecule has 5 rings (SSSR count). The predicted octanol–water partition coefficient (Wildman–Crippen LogP) is 3.55. The molecule has 3 aliphatic rings. The number of carboxylic acids is 1. The lowest BCUT2D eigenvalue weighted by Crippen LogP contribution is -2.45. The van der Waals surface area contributed by atoms with E-state index in [9.17, 15) is 14.7 Å². The molecule has 1 amide bonds. The van der Waals surface area contributed by atoms with Crippen molar-refractivity contribution in [2.75, 3.05) is 4.90 Å². The number of nitrogens with zero attached hydrogens (tertiary/aromatic N) is 1. The molecule has 2 bridgehead atoms. The molecule has 2 saturated heterocycles. The fraction of sp³-hybridized carbons (Fsp3) is 0.304. The van der Waals surface area contributed by atoms with Crippen molar-refractivity contribution in [1.29, 1.82) is 0 Å². The van der Waals surface area contributed by atoms with Gasteiger partial charge in [0.1, 0.15) is 11.5 Å². The van der Waals surface area contributed by atoms with Crippen molar-refractivity contribution in [1.82, 2.24) is 0 Å². The van der Waals surface area contributed by atoms with E-state index in [0.717, 1.165) is 22.0 Å². The van der Waals surface area contributed by atoms with Crippen LogP contribution in [0.3, 0.4) is 0 Å². The summed E-state index contributed by atoms with van der Waals surface area (Å²) in [7, 11) is 0. The average molecular weight is 375 g/mol. The van der Waals surface area contributed by atoms with Crippen molar-refractivity contribution in [3.63, 3.8) is 0 Å². The Morgan fingerprint density at radius 2 is 2.00 bits per heavy atom. The maximum atomic E-state index is 13.6. The van der Waals surface area contributed by atoms with Gasteiger partial charge in [0, 0.05) is 5.39 Å². The summed E-state index contributed by atoms with van der Waals surface area (Å²) in [6, 6.07) is 13.4. The highest BCUT2D eigenvalue weighted by atomic mass is 16.5. The number of aliphatic carboxylic acids is 1. The first-order valence-electron chi connectivity index (χ1n) is 9.49. The molecule has 2 aromatic rings. The SMILES string of the molecule is C=C(C)C[C@@H]1N(c2cccc3ccccc23)C(=O)[C@@H]2[C@@H](C(=O)O)[C@H]3C=C[C@]21O3. The Morgan fingerprint density at radius 1 is 1.25 bits per heavy atom. The van der Waals surface area contributed by atoms with E-state index in [1.54, 1.807) is 11.0 Å². The van der Waals surface area contributed by atoms with E-state index in [0.29, 0.717) is 6.42 Å². The third kappa shape index (κ3) is 2.11. The van der Waals surface area contributed by atoms with E-state index in [1.165, 1.54) is 0 Å². The molecule has 2 aromatic carbocycles. The van der Waals surface area contributed by atoms with Crippen LogP contribution >= 0.6 is 0 Å². The Hall–Kier alpha value is -2.92. The molecule has 1 N–H and O–H groups in total. The summed E-state index contributed by atoms with van der Waals surface area (Å²) in [4.78, 5) is 27.4. The fourth-order valence-electron chi connectivity index (χ4n) is 5.22. The maximum absolute atomic E-state index is 13.6. The highest BCUT2D eigenvalue weighted by Gasteiger charge is 2.71. The van der Waals surface area contributed by atoms with Gasteiger partial charge in [0.25, 0.3) is 0 Å². The highest BCUT2D eigenvalue weighted by molar-refractivity contribution is 6.09. The first-order chi connectivity index (χ1) is 13.4. The molecule has 5 nitrogen and oxygen atoms in total. The van der Waals surface area contributed by atoms with Crippen LogP contribution in [0.4, 0.5) is 5.69 Å². The number of benzene rings is 2. The number of hydrogen-bond acceptors (Lipinski definition) is 3. The van der Waals surface area contributed by atoms with E-state index in [1.807, 2.05) is 55.5 Å². The molecule has 28 heavy (non-hydrogen) atoms. The number of carbonyl (C=O) groups is 2. The van der Waals surface area contributed by atoms with Crippen LogP contribution in [0.5, 0.6) is 0 Å². The monoisotopic (exact) mass is 375 g/mol. The van der Waals surface area contributed by atoms with Gasteiger partial charge in [0.15, 0.2) is 0 Å². The summed E-state index contributed by atoms with van der Waals surface area (Å²) in [5.74, 6) is -2.74. The fourth-order valence-corrected chi connectivity index (χ4v) is 5.22. The topological polar surface area (TPSA) is 66.8 Å². The molecular formula is C23H21NO4. The third-order valence-corrected chi connectivity index (χ3v) is 6.27. The van der Waals surface area contributed by atoms with Gasteiger partial charge in [0.2, 0.25) is 5.91 Å². The van der Waals surface area contributed by atoms with E-state index >= 15 is 0 Å². The quantitative estimate of drug-likeness (QED) is 0.830. The van der Waals surface area contributed by atoms with Crippen LogP contribution in [0.25, 0.3) is 10.8 Å². The maximum Gasteiger partial charge on any atom is 0.310 e. The Balaban J connectivity index is 1.71. The first-order valence-corrected chi connectivity index (χ1v) is 9.49. The largest absolute Gasteiger partial charge is 0.481 e. The van der Waals surface area contributed by atoms with Gasteiger partial charge in [-0.15, -0.1) is 6.58 Å². The average Bonchev–Trinajstić information content (AvgIpc) is 3.30. The van der Waals surface area contributed by atoms with E-state index in [4.69, 9.17) is 4.74 Å². The van der Waals surface area contributed by atoms with Crippen molar-refractivity contribution in [3.05, 3.63) is 66.8 Å². The van der Waals surface area contributed by atoms with Crippen LogP contribution in [-0.4, -0.2) is 34.7 Å². The van der Waals surface area contributed by atoms with Crippen LogP contribution in [0.15, 0.2) is 66.8 Å². The van der Waals surface area contributed by atoms with Crippen molar-refractivity contribution < 1.29 is 19.4 Å². The van der Waals surface area contributed by atoms with Crippen LogP contribution in [0, 0.1) is 11.8 Å². The molecule has 0 saturated carbocycles. The first kappa shape index (κ1) is 17.2. The molecule has 142 valence electrons. The minimum atomic E-state index is -0.983. The molecule has 0 unspecified atom stereocenters. The van der Waals surface area contributed by atoms with Crippen LogP contribution in [0.2, 0.25) is 0 Å². The lowest BCUT2D eigenvalue weighted by atomic mass is 9.74. The summed E-state index contributed by atoms with van der Waals surface area (Å²) in [5.41, 5.74) is 0.806. The molecule has 0 aromatic heterocycles. The lowest BCUT2D eigenvalue weighted by molar-refractivity contribution is -0.146. The number of fused-ring (bicyclic) bond motifs is 2. The van der Waals surface area contributed by atoms with Crippen molar-refractivity contribution >= 4 is 28.3 Å². The molecule has 3 heterocycles. The normalized spacial score (nSPS) is 32.9. The van der Waals surface area contributed by atoms with Gasteiger partial charge in [-0.05, 0) is 24.8 Å². The Morgan fingerprint density at radius 3 is 2.75 bits per heavy atom. The Kier molecular flexibility index (Phi) is 3.55. The number of carbonyl (C=O) groups excluding carboxylic acids is 1. The standard InChI is InChI=1S/C23H21NO4/c1-13(2)12-18-23-11-10-17(28-23)19(22(26)27)20(23)21(25)24(18)16-9-5-7-14-6-3-4-8-15(14)16/h3-11,17-20H,1,12H2,2H3,(H,26,27)/t17-,18+,19+,20+,23-/m1/s1. The smallest absolute Gasteiger partial charge is 0.310 e. The zero-order valence-corrected chi connectivity index (χ0v) is 15.5. The Bertz CT molecular complexity index is 1050. The highest BCUT2D eigenvalue weighted by Crippen LogP contribution is 2.57. The van der Waals surface area contributed by atoms with Crippen molar-refractivity contribution in [2.45, 2.75) is 31.1 Å². The molecule has 2 fully saturated rings. The summed E-state index contributed by atoms with van der Waals surface area (Å²) in [5, 5.41) is 11.8. The molecular weight excluding hydrogens is 354 g/mol. The van der Waals surface area contributed by atoms with Crippen LogP contribution in [-0.2, 0) is 14.3 Å². The molecule has 5 heteroatoms. The minimum absolute atomic E-state index is 0.179. The van der Waals surface area contributed by atoms with Crippen LogP contribution in [0.1, 0.15) is 13.3 Å². The van der Waals surface area contributed by atoms with Gasteiger partial charge in [-0.3, -0.25) is 9.59 Å². The van der Waals surface area contributed by atoms with Crippen molar-refractivity contribution in [2.24, 2.45) is 11.8 Å². The summed E-state index contributed by atoms with van der Waals surface area (Å²) < 4.78 is 6.21. The van der Waals surface area contributed by atoms with Gasteiger partial charge in [-0.25, -0.2) is 0 Å². The molecule has 0 radical (unpaired) electrons. The van der Waals surface area contributed by atoms with Gasteiger partial charge in [-0.2, -0.15) is 0 Å². The predicted molar refractivity (Wildman–Crippen MR) is 106 cm³/mol. The summed E-state index contributed by atoms with van der Waals surface area (Å²) in [6.07, 6.45) is 3.72. The third-order valence-electron chi connectivity index (χ3n) is 6.27.